The maximum atomic E-state index is 13.1. The third kappa shape index (κ3) is 4.25. The molecule has 5 nitrogen and oxygen atoms in total. The Morgan fingerprint density at radius 2 is 1.68 bits per heavy atom. The Kier molecular flexibility index (Phi) is 6.31. The van der Waals surface area contributed by atoms with Crippen LogP contribution in [-0.2, 0) is 6.54 Å². The molecule has 25 heavy (non-hydrogen) atoms. The molecular weight excluding hydrogens is 338 g/mol. The number of nitrogens with zero attached hydrogens (tertiary/aromatic N) is 1. The van der Waals surface area contributed by atoms with Crippen LogP contribution in [0.4, 0.5) is 0 Å². The molecule has 0 aliphatic heterocycles. The van der Waals surface area contributed by atoms with Crippen molar-refractivity contribution < 1.29 is 19.0 Å². The number of carbonyl (C=O) groups is 1. The van der Waals surface area contributed by atoms with Crippen molar-refractivity contribution in [1.29, 1.82) is 0 Å². The molecule has 0 saturated heterocycles. The SMILES string of the molecule is COc1cc(C(=O)N(Cc2ccc(C)s2)C(C)C)cc(OC)c1OC. The molecule has 1 aromatic heterocycles. The van der Waals surface area contributed by atoms with E-state index >= 15 is 0 Å². The van der Waals surface area contributed by atoms with E-state index in [1.54, 1.807) is 44.8 Å². The van der Waals surface area contributed by atoms with Crippen molar-refractivity contribution in [1.82, 2.24) is 4.90 Å². The summed E-state index contributed by atoms with van der Waals surface area (Å²) in [6.45, 7) is 6.66. The summed E-state index contributed by atoms with van der Waals surface area (Å²) >= 11 is 1.70. The average Bonchev–Trinajstić information content (AvgIpc) is 3.02. The number of hydrogen-bond acceptors (Lipinski definition) is 5. The molecule has 0 spiro atoms. The summed E-state index contributed by atoms with van der Waals surface area (Å²) in [5.74, 6) is 1.36. The highest BCUT2D eigenvalue weighted by molar-refractivity contribution is 7.11. The van der Waals surface area contributed by atoms with Gasteiger partial charge in [0.2, 0.25) is 5.75 Å². The molecular formula is C19H25NO4S. The molecule has 1 aromatic carbocycles. The molecule has 2 rings (SSSR count). The Morgan fingerprint density at radius 1 is 1.08 bits per heavy atom. The largest absolute Gasteiger partial charge is 0.493 e. The topological polar surface area (TPSA) is 48.0 Å². The summed E-state index contributed by atoms with van der Waals surface area (Å²) in [5.41, 5.74) is 0.511. The van der Waals surface area contributed by atoms with E-state index in [0.29, 0.717) is 29.4 Å². The van der Waals surface area contributed by atoms with E-state index in [-0.39, 0.29) is 11.9 Å². The zero-order valence-electron chi connectivity index (χ0n) is 15.6. The minimum Gasteiger partial charge on any atom is -0.493 e. The van der Waals surface area contributed by atoms with E-state index in [4.69, 9.17) is 14.2 Å². The molecule has 136 valence electrons. The van der Waals surface area contributed by atoms with Gasteiger partial charge in [-0.2, -0.15) is 0 Å². The molecule has 0 aliphatic carbocycles. The lowest BCUT2D eigenvalue weighted by molar-refractivity contribution is 0.0691. The Hall–Kier alpha value is -2.21. The summed E-state index contributed by atoms with van der Waals surface area (Å²) in [7, 11) is 4.63. The summed E-state index contributed by atoms with van der Waals surface area (Å²) in [6, 6.07) is 7.59. The van der Waals surface area contributed by atoms with Crippen LogP contribution in [-0.4, -0.2) is 38.2 Å². The average molecular weight is 363 g/mol. The number of carbonyl (C=O) groups excluding carboxylic acids is 1. The first-order valence-electron chi connectivity index (χ1n) is 8.07. The quantitative estimate of drug-likeness (QED) is 0.742. The minimum atomic E-state index is -0.0692. The monoisotopic (exact) mass is 363 g/mol. The Balaban J connectivity index is 2.38. The van der Waals surface area contributed by atoms with Crippen LogP contribution in [0.2, 0.25) is 0 Å². The third-order valence-corrected chi connectivity index (χ3v) is 4.90. The van der Waals surface area contributed by atoms with Crippen molar-refractivity contribution in [2.75, 3.05) is 21.3 Å². The Bertz CT molecular complexity index is 714. The van der Waals surface area contributed by atoms with Crippen LogP contribution in [0, 0.1) is 6.92 Å². The lowest BCUT2D eigenvalue weighted by Crippen LogP contribution is -2.36. The number of rotatable bonds is 7. The van der Waals surface area contributed by atoms with Crippen molar-refractivity contribution in [2.45, 2.75) is 33.4 Å². The van der Waals surface area contributed by atoms with Gasteiger partial charge in [0.05, 0.1) is 27.9 Å². The molecule has 6 heteroatoms. The number of ether oxygens (including phenoxy) is 3. The molecule has 0 atom stereocenters. The molecule has 0 aliphatic rings. The number of thiophene rings is 1. The summed E-state index contributed by atoms with van der Waals surface area (Å²) < 4.78 is 16.0. The third-order valence-electron chi connectivity index (χ3n) is 3.92. The van der Waals surface area contributed by atoms with Gasteiger partial charge in [-0.15, -0.1) is 11.3 Å². The molecule has 2 aromatic rings. The van der Waals surface area contributed by atoms with Gasteiger partial charge >= 0.3 is 0 Å². The highest BCUT2D eigenvalue weighted by Crippen LogP contribution is 2.38. The van der Waals surface area contributed by atoms with E-state index < -0.39 is 0 Å². The molecule has 0 N–H and O–H groups in total. The number of methoxy groups -OCH3 is 3. The molecule has 0 fully saturated rings. The van der Waals surface area contributed by atoms with Gasteiger partial charge in [0.25, 0.3) is 5.91 Å². The van der Waals surface area contributed by atoms with Crippen LogP contribution in [0.3, 0.4) is 0 Å². The van der Waals surface area contributed by atoms with Gasteiger partial charge in [0, 0.05) is 21.4 Å². The van der Waals surface area contributed by atoms with Crippen molar-refractivity contribution in [3.8, 4) is 17.2 Å². The first-order chi connectivity index (χ1) is 11.9. The van der Waals surface area contributed by atoms with Crippen LogP contribution in [0.15, 0.2) is 24.3 Å². The van der Waals surface area contributed by atoms with Crippen LogP contribution in [0.25, 0.3) is 0 Å². The van der Waals surface area contributed by atoms with Gasteiger partial charge in [-0.1, -0.05) is 0 Å². The van der Waals surface area contributed by atoms with Crippen molar-refractivity contribution in [3.63, 3.8) is 0 Å². The fraction of sp³-hybridized carbons (Fsp3) is 0.421. The second-order valence-electron chi connectivity index (χ2n) is 5.95. The normalized spacial score (nSPS) is 10.7. The smallest absolute Gasteiger partial charge is 0.254 e. The predicted octanol–water partition coefficient (Wildman–Crippen LogP) is 4.13. The molecule has 0 saturated carbocycles. The van der Waals surface area contributed by atoms with Crippen molar-refractivity contribution in [2.24, 2.45) is 0 Å². The van der Waals surface area contributed by atoms with Gasteiger partial charge in [0.15, 0.2) is 11.5 Å². The fourth-order valence-electron chi connectivity index (χ4n) is 2.60. The maximum Gasteiger partial charge on any atom is 0.254 e. The van der Waals surface area contributed by atoms with Gasteiger partial charge in [0.1, 0.15) is 0 Å². The van der Waals surface area contributed by atoms with E-state index in [1.165, 1.54) is 4.88 Å². The zero-order chi connectivity index (χ0) is 18.6. The van der Waals surface area contributed by atoms with Gasteiger partial charge in [-0.3, -0.25) is 4.79 Å². The fourth-order valence-corrected chi connectivity index (χ4v) is 3.49. The van der Waals surface area contributed by atoms with Crippen LogP contribution in [0.5, 0.6) is 17.2 Å². The summed E-state index contributed by atoms with van der Waals surface area (Å²) in [4.78, 5) is 17.3. The molecule has 0 unspecified atom stereocenters. The lowest BCUT2D eigenvalue weighted by Gasteiger charge is -2.27. The predicted molar refractivity (Wildman–Crippen MR) is 100 cm³/mol. The van der Waals surface area contributed by atoms with Gasteiger partial charge in [-0.25, -0.2) is 0 Å². The van der Waals surface area contributed by atoms with Crippen molar-refractivity contribution in [3.05, 3.63) is 39.6 Å². The van der Waals surface area contributed by atoms with E-state index in [2.05, 4.69) is 19.1 Å². The number of aryl methyl sites for hydroxylation is 1. The first kappa shape index (κ1) is 19.1. The highest BCUT2D eigenvalue weighted by Gasteiger charge is 2.23. The minimum absolute atomic E-state index is 0.0639. The van der Waals surface area contributed by atoms with E-state index in [0.717, 1.165) is 4.88 Å². The van der Waals surface area contributed by atoms with E-state index in [1.807, 2.05) is 18.7 Å². The lowest BCUT2D eigenvalue weighted by atomic mass is 10.1. The highest BCUT2D eigenvalue weighted by atomic mass is 32.1. The summed E-state index contributed by atoms with van der Waals surface area (Å²) in [5, 5.41) is 0. The number of hydrogen-bond donors (Lipinski definition) is 0. The molecule has 0 radical (unpaired) electrons. The Labute approximate surface area is 153 Å². The number of benzene rings is 1. The maximum absolute atomic E-state index is 13.1. The molecule has 0 bridgehead atoms. The van der Waals surface area contributed by atoms with Crippen LogP contribution >= 0.6 is 11.3 Å². The standard InChI is InChI=1S/C19H25NO4S/c1-12(2)20(11-15-8-7-13(3)25-15)19(21)14-9-16(22-4)18(24-6)17(10-14)23-5/h7-10,12H,11H2,1-6H3. The molecule has 1 amide bonds. The van der Waals surface area contributed by atoms with Crippen LogP contribution in [0.1, 0.15) is 34.0 Å². The second-order valence-corrected chi connectivity index (χ2v) is 7.33. The van der Waals surface area contributed by atoms with Gasteiger partial charge < -0.3 is 19.1 Å². The Morgan fingerprint density at radius 3 is 2.08 bits per heavy atom. The van der Waals surface area contributed by atoms with Crippen molar-refractivity contribution >= 4 is 17.2 Å². The van der Waals surface area contributed by atoms with Gasteiger partial charge in [-0.05, 0) is 45.0 Å². The first-order valence-corrected chi connectivity index (χ1v) is 8.89. The molecule has 1 heterocycles. The summed E-state index contributed by atoms with van der Waals surface area (Å²) in [6.07, 6.45) is 0. The second kappa shape index (κ2) is 8.25. The van der Waals surface area contributed by atoms with Crippen LogP contribution < -0.4 is 14.2 Å². The zero-order valence-corrected chi connectivity index (χ0v) is 16.4. The van der Waals surface area contributed by atoms with E-state index in [9.17, 15) is 4.79 Å². The number of amides is 1.